The van der Waals surface area contributed by atoms with E-state index in [2.05, 4.69) is 6.58 Å². The van der Waals surface area contributed by atoms with Crippen molar-refractivity contribution in [3.63, 3.8) is 0 Å². The normalized spacial score (nSPS) is 8.88. The Bertz CT molecular complexity index is 78.5. The van der Waals surface area contributed by atoms with Gasteiger partial charge in [0.15, 0.2) is 0 Å². The fourth-order valence-electron chi connectivity index (χ4n) is 0.413. The zero-order chi connectivity index (χ0) is 6.57. The van der Waals surface area contributed by atoms with Crippen LogP contribution in [0.2, 0.25) is 0 Å². The average Bonchev–Trinajstić information content (AvgIpc) is 1.69. The van der Waals surface area contributed by atoms with Gasteiger partial charge in [-0.3, -0.25) is 5.41 Å². The Labute approximate surface area is 50.3 Å². The third kappa shape index (κ3) is 1.78. The van der Waals surface area contributed by atoms with Crippen LogP contribution in [0.5, 0.6) is 0 Å². The summed E-state index contributed by atoms with van der Waals surface area (Å²) >= 11 is 0. The molecule has 0 saturated carbocycles. The molecule has 1 N–H and O–H groups in total. The minimum atomic E-state index is 0.352. The van der Waals surface area contributed by atoms with Gasteiger partial charge in [-0.15, -0.1) is 0 Å². The van der Waals surface area contributed by atoms with Gasteiger partial charge < -0.3 is 4.90 Å². The molecule has 8 heavy (non-hydrogen) atoms. The maximum atomic E-state index is 6.82. The minimum absolute atomic E-state index is 0.352. The highest BCUT2D eigenvalue weighted by Crippen LogP contribution is 1.91. The van der Waals surface area contributed by atoms with Crippen LogP contribution in [0.1, 0.15) is 13.8 Å². The fourth-order valence-corrected chi connectivity index (χ4v) is 0.413. The molecule has 46 valence electrons. The molecular formula is C6H12N2. The number of nitrogens with zero attached hydrogens (tertiary/aromatic N) is 1. The third-order valence-corrected chi connectivity index (χ3v) is 0.956. The molecule has 0 amide bonds. The molecule has 0 unspecified atom stereocenters. The highest BCUT2D eigenvalue weighted by atomic mass is 15.1. The highest BCUT2D eigenvalue weighted by Gasteiger charge is 1.95. The Hall–Kier alpha value is -0.790. The van der Waals surface area contributed by atoms with Crippen LogP contribution in [0.3, 0.4) is 0 Å². The molecule has 0 bridgehead atoms. The lowest BCUT2D eigenvalue weighted by Crippen LogP contribution is -2.22. The molecule has 2 nitrogen and oxygen atoms in total. The second-order valence-corrected chi connectivity index (χ2v) is 1.85. The second-order valence-electron chi connectivity index (χ2n) is 1.85. The van der Waals surface area contributed by atoms with Crippen molar-refractivity contribution in [2.45, 2.75) is 19.9 Å². The topological polar surface area (TPSA) is 27.1 Å². The van der Waals surface area contributed by atoms with Gasteiger partial charge in [-0.25, -0.2) is 0 Å². The smallest absolute Gasteiger partial charge is 0.0859 e. The Morgan fingerprint density at radius 1 is 1.62 bits per heavy atom. The van der Waals surface area contributed by atoms with Crippen LogP contribution in [-0.2, 0) is 0 Å². The van der Waals surface area contributed by atoms with Crippen molar-refractivity contribution >= 4 is 6.34 Å². The van der Waals surface area contributed by atoms with E-state index < -0.39 is 0 Å². The molecule has 0 fully saturated rings. The van der Waals surface area contributed by atoms with Gasteiger partial charge in [-0.2, -0.15) is 0 Å². The van der Waals surface area contributed by atoms with E-state index >= 15 is 0 Å². The van der Waals surface area contributed by atoms with E-state index in [1.165, 1.54) is 6.34 Å². The predicted octanol–water partition coefficient (Wildman–Crippen LogP) is 1.45. The number of rotatable bonds is 3. The molecule has 0 rings (SSSR count). The summed E-state index contributed by atoms with van der Waals surface area (Å²) < 4.78 is 0. The summed E-state index contributed by atoms with van der Waals surface area (Å²) in [5.41, 5.74) is 0. The quantitative estimate of drug-likeness (QED) is 0.434. The first kappa shape index (κ1) is 7.21. The number of hydrogen-bond donors (Lipinski definition) is 1. The van der Waals surface area contributed by atoms with Crippen molar-refractivity contribution in [2.24, 2.45) is 0 Å². The molecule has 0 aliphatic carbocycles. The first-order valence-electron chi connectivity index (χ1n) is 2.63. The van der Waals surface area contributed by atoms with Crippen LogP contribution in [0, 0.1) is 5.41 Å². The van der Waals surface area contributed by atoms with E-state index in [0.29, 0.717) is 6.04 Å². The van der Waals surface area contributed by atoms with Crippen LogP contribution in [0.4, 0.5) is 0 Å². The molecule has 0 saturated heterocycles. The SMILES string of the molecule is C=CN(C=N)C(C)C. The molecule has 0 aliphatic heterocycles. The van der Waals surface area contributed by atoms with Gasteiger partial charge in [-0.05, 0) is 20.0 Å². The Kier molecular flexibility index (Phi) is 2.92. The first-order valence-corrected chi connectivity index (χ1v) is 2.63. The average molecular weight is 112 g/mol. The van der Waals surface area contributed by atoms with Crippen LogP contribution in [-0.4, -0.2) is 17.3 Å². The van der Waals surface area contributed by atoms with E-state index in [1.54, 1.807) is 11.1 Å². The van der Waals surface area contributed by atoms with Crippen molar-refractivity contribution in [2.75, 3.05) is 0 Å². The van der Waals surface area contributed by atoms with Crippen molar-refractivity contribution in [3.05, 3.63) is 12.8 Å². The Morgan fingerprint density at radius 2 is 2.12 bits per heavy atom. The fraction of sp³-hybridized carbons (Fsp3) is 0.500. The monoisotopic (exact) mass is 112 g/mol. The Morgan fingerprint density at radius 3 is 2.12 bits per heavy atom. The summed E-state index contributed by atoms with van der Waals surface area (Å²) in [5.74, 6) is 0. The number of nitrogens with one attached hydrogen (secondary N) is 1. The van der Waals surface area contributed by atoms with Crippen molar-refractivity contribution < 1.29 is 0 Å². The van der Waals surface area contributed by atoms with E-state index in [4.69, 9.17) is 5.41 Å². The molecule has 0 aromatic rings. The first-order chi connectivity index (χ1) is 3.72. The van der Waals surface area contributed by atoms with Crippen LogP contribution < -0.4 is 0 Å². The van der Waals surface area contributed by atoms with Gasteiger partial charge >= 0.3 is 0 Å². The van der Waals surface area contributed by atoms with Gasteiger partial charge in [0.1, 0.15) is 0 Å². The van der Waals surface area contributed by atoms with Gasteiger partial charge in [0.05, 0.1) is 6.34 Å². The van der Waals surface area contributed by atoms with Gasteiger partial charge in [-0.1, -0.05) is 6.58 Å². The molecule has 0 aliphatic rings. The zero-order valence-corrected chi connectivity index (χ0v) is 5.39. The number of hydrogen-bond acceptors (Lipinski definition) is 1. The molecule has 0 spiro atoms. The standard InChI is InChI=1S/C6H12N2/c1-4-8(5-7)6(2)3/h4-7H,1H2,2-3H3. The lowest BCUT2D eigenvalue weighted by Gasteiger charge is -2.16. The largest absolute Gasteiger partial charge is 0.338 e. The second kappa shape index (κ2) is 3.24. The molecular weight excluding hydrogens is 100 g/mol. The lowest BCUT2D eigenvalue weighted by molar-refractivity contribution is 0.470. The molecule has 2 heteroatoms. The van der Waals surface area contributed by atoms with Crippen molar-refractivity contribution in [3.8, 4) is 0 Å². The van der Waals surface area contributed by atoms with Crippen molar-refractivity contribution in [1.29, 1.82) is 5.41 Å². The summed E-state index contributed by atoms with van der Waals surface area (Å²) in [7, 11) is 0. The molecule has 0 atom stereocenters. The van der Waals surface area contributed by atoms with Crippen LogP contribution in [0.15, 0.2) is 12.8 Å². The maximum absolute atomic E-state index is 6.82. The third-order valence-electron chi connectivity index (χ3n) is 0.956. The van der Waals surface area contributed by atoms with Gasteiger partial charge in [0.2, 0.25) is 0 Å². The lowest BCUT2D eigenvalue weighted by atomic mass is 10.4. The van der Waals surface area contributed by atoms with E-state index in [0.717, 1.165) is 0 Å². The Balaban J connectivity index is 3.68. The van der Waals surface area contributed by atoms with Crippen LogP contribution >= 0.6 is 0 Å². The summed E-state index contributed by atoms with van der Waals surface area (Å²) in [4.78, 5) is 1.72. The summed E-state index contributed by atoms with van der Waals surface area (Å²) in [6, 6.07) is 0.352. The minimum Gasteiger partial charge on any atom is -0.338 e. The zero-order valence-electron chi connectivity index (χ0n) is 5.39. The van der Waals surface area contributed by atoms with E-state index in [-0.39, 0.29) is 0 Å². The van der Waals surface area contributed by atoms with E-state index in [1.807, 2.05) is 13.8 Å². The van der Waals surface area contributed by atoms with Gasteiger partial charge in [0, 0.05) is 6.04 Å². The molecule has 0 aromatic heterocycles. The molecule has 0 radical (unpaired) electrons. The van der Waals surface area contributed by atoms with E-state index in [9.17, 15) is 0 Å². The van der Waals surface area contributed by atoms with Gasteiger partial charge in [0.25, 0.3) is 0 Å². The predicted molar refractivity (Wildman–Crippen MR) is 36.0 cm³/mol. The summed E-state index contributed by atoms with van der Waals surface area (Å²) in [5, 5.41) is 6.82. The van der Waals surface area contributed by atoms with Crippen LogP contribution in [0.25, 0.3) is 0 Å². The van der Waals surface area contributed by atoms with Crippen molar-refractivity contribution in [1.82, 2.24) is 4.90 Å². The maximum Gasteiger partial charge on any atom is 0.0859 e. The summed E-state index contributed by atoms with van der Waals surface area (Å²) in [6.45, 7) is 7.54. The summed E-state index contributed by atoms with van der Waals surface area (Å²) in [6.07, 6.45) is 2.90. The molecule has 0 heterocycles. The molecule has 0 aromatic carbocycles. The highest BCUT2D eigenvalue weighted by molar-refractivity contribution is 5.52.